The van der Waals surface area contributed by atoms with Gasteiger partial charge >= 0.3 is 0 Å². The fourth-order valence-electron chi connectivity index (χ4n) is 3.05. The Morgan fingerprint density at radius 2 is 2.05 bits per heavy atom. The van der Waals surface area contributed by atoms with Gasteiger partial charge in [0.15, 0.2) is 0 Å². The van der Waals surface area contributed by atoms with Crippen molar-refractivity contribution in [1.29, 1.82) is 0 Å². The molecule has 1 aliphatic heterocycles. The van der Waals surface area contributed by atoms with E-state index >= 15 is 0 Å². The first kappa shape index (κ1) is 15.1. The minimum absolute atomic E-state index is 0.148. The van der Waals surface area contributed by atoms with E-state index in [1.54, 1.807) is 14.2 Å². The number of benzene rings is 1. The normalized spacial score (nSPS) is 23.3. The quantitative estimate of drug-likeness (QED) is 0.898. The topological polar surface area (TPSA) is 47.7 Å². The van der Waals surface area contributed by atoms with Crippen molar-refractivity contribution in [1.82, 2.24) is 4.90 Å². The molecule has 2 unspecified atom stereocenters. The summed E-state index contributed by atoms with van der Waals surface area (Å²) >= 11 is 0. The van der Waals surface area contributed by atoms with Crippen molar-refractivity contribution in [3.8, 4) is 11.5 Å². The van der Waals surface area contributed by atoms with Gasteiger partial charge in [-0.05, 0) is 30.5 Å². The van der Waals surface area contributed by atoms with E-state index in [1.165, 1.54) is 0 Å². The highest BCUT2D eigenvalue weighted by Gasteiger charge is 2.35. The molecule has 0 saturated carbocycles. The number of rotatable bonds is 5. The Morgan fingerprint density at radius 1 is 1.30 bits per heavy atom. The van der Waals surface area contributed by atoms with E-state index < -0.39 is 0 Å². The van der Waals surface area contributed by atoms with Gasteiger partial charge in [0.1, 0.15) is 11.5 Å². The molecule has 2 rings (SSSR count). The molecule has 2 N–H and O–H groups in total. The first-order valence-corrected chi connectivity index (χ1v) is 7.28. The average molecular weight is 278 g/mol. The molecule has 1 aromatic rings. The Labute approximate surface area is 121 Å². The van der Waals surface area contributed by atoms with Crippen LogP contribution in [0, 0.1) is 5.92 Å². The summed E-state index contributed by atoms with van der Waals surface area (Å²) in [5.74, 6) is 2.37. The molecular weight excluding hydrogens is 252 g/mol. The second-order valence-corrected chi connectivity index (χ2v) is 5.89. The van der Waals surface area contributed by atoms with Gasteiger partial charge in [0.25, 0.3) is 0 Å². The van der Waals surface area contributed by atoms with E-state index in [-0.39, 0.29) is 12.1 Å². The van der Waals surface area contributed by atoms with E-state index in [0.717, 1.165) is 36.6 Å². The molecule has 0 amide bonds. The summed E-state index contributed by atoms with van der Waals surface area (Å²) in [6, 6.07) is 6.31. The minimum atomic E-state index is 0.148. The van der Waals surface area contributed by atoms with Crippen LogP contribution in [0.2, 0.25) is 0 Å². The zero-order valence-corrected chi connectivity index (χ0v) is 12.9. The molecule has 1 aliphatic rings. The van der Waals surface area contributed by atoms with Crippen LogP contribution in [-0.2, 0) is 0 Å². The highest BCUT2D eigenvalue weighted by Crippen LogP contribution is 2.38. The lowest BCUT2D eigenvalue weighted by atomic mass is 9.98. The van der Waals surface area contributed by atoms with Gasteiger partial charge in [-0.25, -0.2) is 0 Å². The Bertz CT molecular complexity index is 448. The lowest BCUT2D eigenvalue weighted by Crippen LogP contribution is -2.34. The third-order valence-corrected chi connectivity index (χ3v) is 3.90. The van der Waals surface area contributed by atoms with Crippen molar-refractivity contribution in [3.05, 3.63) is 23.8 Å². The largest absolute Gasteiger partial charge is 0.497 e. The number of ether oxygens (including phenoxy) is 2. The van der Waals surface area contributed by atoms with Gasteiger partial charge in [-0.1, -0.05) is 13.8 Å². The number of nitrogens with two attached hydrogens (primary N) is 1. The smallest absolute Gasteiger partial charge is 0.123 e. The van der Waals surface area contributed by atoms with Crippen molar-refractivity contribution >= 4 is 0 Å². The predicted molar refractivity (Wildman–Crippen MR) is 81.3 cm³/mol. The summed E-state index contributed by atoms with van der Waals surface area (Å²) < 4.78 is 10.9. The fraction of sp³-hybridized carbons (Fsp3) is 0.625. The standard InChI is InChI=1S/C16H26N2O2/c1-11(2)10-18-8-7-14(17)16(18)13-9-12(19-3)5-6-15(13)20-4/h5-6,9,11,14,16H,7-8,10,17H2,1-4H3. The van der Waals surface area contributed by atoms with Crippen LogP contribution >= 0.6 is 0 Å². The summed E-state index contributed by atoms with van der Waals surface area (Å²) in [5.41, 5.74) is 7.49. The zero-order chi connectivity index (χ0) is 14.7. The molecule has 0 spiro atoms. The van der Waals surface area contributed by atoms with E-state index in [0.29, 0.717) is 5.92 Å². The van der Waals surface area contributed by atoms with Crippen LogP contribution in [0.25, 0.3) is 0 Å². The molecule has 1 heterocycles. The molecule has 0 aliphatic carbocycles. The van der Waals surface area contributed by atoms with Gasteiger partial charge in [-0.15, -0.1) is 0 Å². The molecule has 1 saturated heterocycles. The highest BCUT2D eigenvalue weighted by atomic mass is 16.5. The van der Waals surface area contributed by atoms with Crippen molar-refractivity contribution < 1.29 is 9.47 Å². The Balaban J connectivity index is 2.35. The van der Waals surface area contributed by atoms with Crippen LogP contribution in [0.4, 0.5) is 0 Å². The van der Waals surface area contributed by atoms with Crippen molar-refractivity contribution in [2.24, 2.45) is 11.7 Å². The molecule has 20 heavy (non-hydrogen) atoms. The fourth-order valence-corrected chi connectivity index (χ4v) is 3.05. The van der Waals surface area contributed by atoms with Gasteiger partial charge in [-0.2, -0.15) is 0 Å². The maximum absolute atomic E-state index is 6.35. The number of likely N-dealkylation sites (tertiary alicyclic amines) is 1. The first-order chi connectivity index (χ1) is 9.56. The molecule has 4 heteroatoms. The van der Waals surface area contributed by atoms with Gasteiger partial charge in [0, 0.05) is 24.7 Å². The maximum atomic E-state index is 6.35. The van der Waals surface area contributed by atoms with E-state index in [9.17, 15) is 0 Å². The molecule has 0 radical (unpaired) electrons. The molecule has 2 atom stereocenters. The number of hydrogen-bond acceptors (Lipinski definition) is 4. The minimum Gasteiger partial charge on any atom is -0.497 e. The summed E-state index contributed by atoms with van der Waals surface area (Å²) in [6.45, 7) is 6.58. The van der Waals surface area contributed by atoms with Crippen LogP contribution in [-0.4, -0.2) is 38.3 Å². The first-order valence-electron chi connectivity index (χ1n) is 7.28. The number of hydrogen-bond donors (Lipinski definition) is 1. The highest BCUT2D eigenvalue weighted by molar-refractivity contribution is 5.43. The summed E-state index contributed by atoms with van der Waals surface area (Å²) in [7, 11) is 3.39. The summed E-state index contributed by atoms with van der Waals surface area (Å²) in [4.78, 5) is 2.46. The predicted octanol–water partition coefficient (Wildman–Crippen LogP) is 2.43. The van der Waals surface area contributed by atoms with Crippen LogP contribution in [0.1, 0.15) is 31.9 Å². The van der Waals surface area contributed by atoms with E-state index in [1.807, 2.05) is 12.1 Å². The van der Waals surface area contributed by atoms with Crippen molar-refractivity contribution in [3.63, 3.8) is 0 Å². The SMILES string of the molecule is COc1ccc(OC)c(C2C(N)CCN2CC(C)C)c1. The third kappa shape index (κ3) is 3.07. The second kappa shape index (κ2) is 6.46. The van der Waals surface area contributed by atoms with Crippen molar-refractivity contribution in [2.45, 2.75) is 32.4 Å². The Hall–Kier alpha value is -1.26. The molecular formula is C16H26N2O2. The Kier molecular flexibility index (Phi) is 4.89. The van der Waals surface area contributed by atoms with Crippen LogP contribution in [0.5, 0.6) is 11.5 Å². The lowest BCUT2D eigenvalue weighted by Gasteiger charge is -2.29. The van der Waals surface area contributed by atoms with Crippen molar-refractivity contribution in [2.75, 3.05) is 27.3 Å². The van der Waals surface area contributed by atoms with Crippen LogP contribution in [0.3, 0.4) is 0 Å². The maximum Gasteiger partial charge on any atom is 0.123 e. The zero-order valence-electron chi connectivity index (χ0n) is 12.9. The molecule has 1 aromatic carbocycles. The van der Waals surface area contributed by atoms with Gasteiger partial charge in [0.05, 0.1) is 20.3 Å². The number of methoxy groups -OCH3 is 2. The summed E-state index contributed by atoms with van der Waals surface area (Å²) in [5, 5.41) is 0. The summed E-state index contributed by atoms with van der Waals surface area (Å²) in [6.07, 6.45) is 1.03. The second-order valence-electron chi connectivity index (χ2n) is 5.89. The average Bonchev–Trinajstić information content (AvgIpc) is 2.78. The van der Waals surface area contributed by atoms with Gasteiger partial charge < -0.3 is 15.2 Å². The van der Waals surface area contributed by atoms with Gasteiger partial charge in [0.2, 0.25) is 0 Å². The molecule has 4 nitrogen and oxygen atoms in total. The molecule has 0 bridgehead atoms. The van der Waals surface area contributed by atoms with E-state index in [4.69, 9.17) is 15.2 Å². The molecule has 0 aromatic heterocycles. The van der Waals surface area contributed by atoms with Crippen LogP contribution < -0.4 is 15.2 Å². The lowest BCUT2D eigenvalue weighted by molar-refractivity contribution is 0.216. The third-order valence-electron chi connectivity index (χ3n) is 3.90. The molecule has 112 valence electrons. The van der Waals surface area contributed by atoms with E-state index in [2.05, 4.69) is 24.8 Å². The number of nitrogens with zero attached hydrogens (tertiary/aromatic N) is 1. The molecule has 1 fully saturated rings. The monoisotopic (exact) mass is 278 g/mol. The Morgan fingerprint density at radius 3 is 2.65 bits per heavy atom. The van der Waals surface area contributed by atoms with Gasteiger partial charge in [-0.3, -0.25) is 4.90 Å². The van der Waals surface area contributed by atoms with Crippen LogP contribution in [0.15, 0.2) is 18.2 Å².